The molecule has 1 aliphatic carbocycles. The number of fused-ring (bicyclic) bond motifs is 1. The summed E-state index contributed by atoms with van der Waals surface area (Å²) in [6, 6.07) is 14.9. The van der Waals surface area contributed by atoms with Crippen molar-refractivity contribution in [3.63, 3.8) is 0 Å². The number of allylic oxidation sites excluding steroid dienone is 1. The number of aliphatic hydroxyl groups is 1. The summed E-state index contributed by atoms with van der Waals surface area (Å²) in [6.45, 7) is 4.23. The predicted molar refractivity (Wildman–Crippen MR) is 80.2 cm³/mol. The molecule has 0 aromatic heterocycles. The maximum Gasteiger partial charge on any atom is 0.0634 e. The minimum absolute atomic E-state index is 0.251. The first kappa shape index (κ1) is 12.4. The first-order valence-corrected chi connectivity index (χ1v) is 7.02. The second-order valence-corrected chi connectivity index (χ2v) is 5.69. The van der Waals surface area contributed by atoms with E-state index in [2.05, 4.69) is 68.5 Å². The average molecular weight is 252 g/mol. The van der Waals surface area contributed by atoms with Crippen molar-refractivity contribution in [3.8, 4) is 0 Å². The second-order valence-electron chi connectivity index (χ2n) is 5.69. The fourth-order valence-corrected chi connectivity index (χ4v) is 3.20. The smallest absolute Gasteiger partial charge is 0.0634 e. The van der Waals surface area contributed by atoms with Gasteiger partial charge in [0, 0.05) is 11.8 Å². The van der Waals surface area contributed by atoms with Crippen molar-refractivity contribution in [1.29, 1.82) is 0 Å². The van der Waals surface area contributed by atoms with E-state index in [1.165, 1.54) is 16.3 Å². The molecule has 1 N–H and O–H groups in total. The van der Waals surface area contributed by atoms with E-state index in [0.717, 1.165) is 0 Å². The van der Waals surface area contributed by atoms with E-state index >= 15 is 0 Å². The van der Waals surface area contributed by atoms with Crippen molar-refractivity contribution in [3.05, 3.63) is 60.2 Å². The van der Waals surface area contributed by atoms with Crippen LogP contribution in [0, 0.1) is 11.8 Å². The Morgan fingerprint density at radius 1 is 0.895 bits per heavy atom. The highest BCUT2D eigenvalue weighted by atomic mass is 16.3. The van der Waals surface area contributed by atoms with Crippen LogP contribution in [-0.2, 0) is 0 Å². The summed E-state index contributed by atoms with van der Waals surface area (Å²) in [5.41, 5.74) is 1.33. The molecule has 0 aliphatic heterocycles. The summed E-state index contributed by atoms with van der Waals surface area (Å²) in [5.74, 6) is 0.810. The Balaban J connectivity index is 2.12. The van der Waals surface area contributed by atoms with E-state index in [-0.39, 0.29) is 17.9 Å². The third kappa shape index (κ3) is 2.08. The van der Waals surface area contributed by atoms with Crippen molar-refractivity contribution in [2.24, 2.45) is 11.8 Å². The molecule has 0 radical (unpaired) electrons. The molecule has 0 saturated heterocycles. The highest BCUT2D eigenvalue weighted by molar-refractivity contribution is 5.86. The quantitative estimate of drug-likeness (QED) is 0.757. The van der Waals surface area contributed by atoms with Gasteiger partial charge < -0.3 is 5.11 Å². The van der Waals surface area contributed by atoms with E-state index in [4.69, 9.17) is 0 Å². The first-order valence-electron chi connectivity index (χ1n) is 7.02. The lowest BCUT2D eigenvalue weighted by Crippen LogP contribution is -2.31. The monoisotopic (exact) mass is 252 g/mol. The molecule has 2 aromatic carbocycles. The standard InChI is InChI=1S/C18H20O/c1-12-10-11-15(13(2)18(12)19)17-9-5-7-14-6-3-4-8-16(14)17/h3-13,15,18-19H,1-2H3. The van der Waals surface area contributed by atoms with Crippen molar-refractivity contribution >= 4 is 10.8 Å². The summed E-state index contributed by atoms with van der Waals surface area (Å²) >= 11 is 0. The molecule has 0 saturated carbocycles. The molecule has 0 spiro atoms. The van der Waals surface area contributed by atoms with Crippen LogP contribution in [0.3, 0.4) is 0 Å². The molecule has 3 rings (SSSR count). The van der Waals surface area contributed by atoms with Gasteiger partial charge in [-0.05, 0) is 22.3 Å². The van der Waals surface area contributed by atoms with Gasteiger partial charge in [-0.1, -0.05) is 68.5 Å². The third-order valence-electron chi connectivity index (χ3n) is 4.45. The van der Waals surface area contributed by atoms with Crippen LogP contribution in [0.5, 0.6) is 0 Å². The fourth-order valence-electron chi connectivity index (χ4n) is 3.20. The molecule has 0 amide bonds. The van der Waals surface area contributed by atoms with Crippen LogP contribution in [0.1, 0.15) is 25.3 Å². The van der Waals surface area contributed by atoms with Gasteiger partial charge in [0.15, 0.2) is 0 Å². The number of hydrogen-bond acceptors (Lipinski definition) is 1. The predicted octanol–water partition coefficient (Wildman–Crippen LogP) is 4.13. The van der Waals surface area contributed by atoms with Gasteiger partial charge >= 0.3 is 0 Å². The second kappa shape index (κ2) is 4.82. The Morgan fingerprint density at radius 3 is 2.47 bits per heavy atom. The number of aliphatic hydroxyl groups excluding tert-OH is 1. The van der Waals surface area contributed by atoms with E-state index in [1.54, 1.807) is 0 Å². The highest BCUT2D eigenvalue weighted by Crippen LogP contribution is 2.38. The van der Waals surface area contributed by atoms with Gasteiger partial charge in [-0.2, -0.15) is 0 Å². The SMILES string of the molecule is CC1C=CC(c2cccc3ccccc23)C(C)C1O. The average Bonchev–Trinajstić information content (AvgIpc) is 2.45. The van der Waals surface area contributed by atoms with E-state index in [0.29, 0.717) is 5.92 Å². The van der Waals surface area contributed by atoms with Gasteiger partial charge in [-0.15, -0.1) is 0 Å². The zero-order valence-corrected chi connectivity index (χ0v) is 11.5. The van der Waals surface area contributed by atoms with Gasteiger partial charge in [0.05, 0.1) is 6.10 Å². The number of hydrogen-bond donors (Lipinski definition) is 1. The largest absolute Gasteiger partial charge is 0.392 e. The minimum atomic E-state index is -0.256. The molecule has 0 bridgehead atoms. The molecule has 4 atom stereocenters. The lowest BCUT2D eigenvalue weighted by atomic mass is 9.74. The van der Waals surface area contributed by atoms with Crippen molar-refractivity contribution in [1.82, 2.24) is 0 Å². The van der Waals surface area contributed by atoms with Crippen LogP contribution >= 0.6 is 0 Å². The zero-order valence-electron chi connectivity index (χ0n) is 11.5. The Morgan fingerprint density at radius 2 is 1.63 bits per heavy atom. The molecular formula is C18H20O. The van der Waals surface area contributed by atoms with Crippen molar-refractivity contribution < 1.29 is 5.11 Å². The van der Waals surface area contributed by atoms with Crippen LogP contribution in [0.2, 0.25) is 0 Å². The van der Waals surface area contributed by atoms with Crippen molar-refractivity contribution in [2.75, 3.05) is 0 Å². The van der Waals surface area contributed by atoms with Crippen molar-refractivity contribution in [2.45, 2.75) is 25.9 Å². The van der Waals surface area contributed by atoms with E-state index < -0.39 is 0 Å². The molecule has 0 fully saturated rings. The molecule has 2 aromatic rings. The molecule has 1 nitrogen and oxygen atoms in total. The molecule has 0 heterocycles. The third-order valence-corrected chi connectivity index (χ3v) is 4.45. The lowest BCUT2D eigenvalue weighted by molar-refractivity contribution is 0.0695. The zero-order chi connectivity index (χ0) is 13.4. The maximum absolute atomic E-state index is 10.3. The molecule has 1 heteroatoms. The molecular weight excluding hydrogens is 232 g/mol. The Hall–Kier alpha value is -1.60. The van der Waals surface area contributed by atoms with E-state index in [9.17, 15) is 5.11 Å². The summed E-state index contributed by atoms with van der Waals surface area (Å²) < 4.78 is 0. The van der Waals surface area contributed by atoms with Crippen LogP contribution in [-0.4, -0.2) is 11.2 Å². The maximum atomic E-state index is 10.3. The summed E-state index contributed by atoms with van der Waals surface area (Å²) in [5, 5.41) is 12.9. The number of benzene rings is 2. The highest BCUT2D eigenvalue weighted by Gasteiger charge is 2.31. The summed E-state index contributed by atoms with van der Waals surface area (Å²) in [7, 11) is 0. The summed E-state index contributed by atoms with van der Waals surface area (Å²) in [6.07, 6.45) is 4.16. The first-order chi connectivity index (χ1) is 9.18. The number of rotatable bonds is 1. The Labute approximate surface area is 114 Å². The Bertz CT molecular complexity index is 609. The van der Waals surface area contributed by atoms with Crippen LogP contribution in [0.25, 0.3) is 10.8 Å². The molecule has 19 heavy (non-hydrogen) atoms. The van der Waals surface area contributed by atoms with Crippen LogP contribution < -0.4 is 0 Å². The Kier molecular flexibility index (Phi) is 3.16. The van der Waals surface area contributed by atoms with Gasteiger partial charge in [0.2, 0.25) is 0 Å². The fraction of sp³-hybridized carbons (Fsp3) is 0.333. The van der Waals surface area contributed by atoms with Crippen LogP contribution in [0.4, 0.5) is 0 Å². The minimum Gasteiger partial charge on any atom is -0.392 e. The summed E-state index contributed by atoms with van der Waals surface area (Å²) in [4.78, 5) is 0. The normalized spacial score (nSPS) is 30.7. The molecule has 1 aliphatic rings. The topological polar surface area (TPSA) is 20.2 Å². The van der Waals surface area contributed by atoms with Gasteiger partial charge in [-0.3, -0.25) is 0 Å². The van der Waals surface area contributed by atoms with Crippen LogP contribution in [0.15, 0.2) is 54.6 Å². The van der Waals surface area contributed by atoms with E-state index in [1.807, 2.05) is 0 Å². The molecule has 4 unspecified atom stereocenters. The molecule has 98 valence electrons. The lowest BCUT2D eigenvalue weighted by Gasteiger charge is -2.33. The van der Waals surface area contributed by atoms with Gasteiger partial charge in [-0.25, -0.2) is 0 Å². The van der Waals surface area contributed by atoms with Gasteiger partial charge in [0.25, 0.3) is 0 Å². The van der Waals surface area contributed by atoms with Gasteiger partial charge in [0.1, 0.15) is 0 Å².